The van der Waals surface area contributed by atoms with Gasteiger partial charge in [-0.15, -0.1) is 0 Å². The molecule has 0 saturated carbocycles. The second kappa shape index (κ2) is 9.64. The molecule has 0 fully saturated rings. The Bertz CT molecular complexity index is 1210. The van der Waals surface area contributed by atoms with Gasteiger partial charge < -0.3 is 10.6 Å². The summed E-state index contributed by atoms with van der Waals surface area (Å²) in [4.78, 5) is 17.5. The van der Waals surface area contributed by atoms with E-state index in [4.69, 9.17) is 0 Å². The number of benzene rings is 2. The zero-order valence-corrected chi connectivity index (χ0v) is 18.8. The van der Waals surface area contributed by atoms with E-state index in [1.54, 1.807) is 6.20 Å². The molecule has 0 atom stereocenters. The van der Waals surface area contributed by atoms with Crippen molar-refractivity contribution >= 4 is 28.2 Å². The molecule has 0 bridgehead atoms. The maximum atomic E-state index is 13.0. The number of anilines is 2. The van der Waals surface area contributed by atoms with Crippen molar-refractivity contribution < 1.29 is 4.79 Å². The molecule has 4 aromatic rings. The summed E-state index contributed by atoms with van der Waals surface area (Å²) < 4.78 is 1.98. The van der Waals surface area contributed by atoms with Crippen molar-refractivity contribution in [3.63, 3.8) is 0 Å². The van der Waals surface area contributed by atoms with Gasteiger partial charge in [-0.05, 0) is 50.1 Å². The third-order valence-corrected chi connectivity index (χ3v) is 5.28. The van der Waals surface area contributed by atoms with Crippen LogP contribution < -0.4 is 10.6 Å². The molecule has 2 heterocycles. The highest BCUT2D eigenvalue weighted by Crippen LogP contribution is 2.32. The molecule has 32 heavy (non-hydrogen) atoms. The number of rotatable bonds is 8. The summed E-state index contributed by atoms with van der Waals surface area (Å²) in [7, 11) is 0. The number of para-hydroxylation sites is 1. The number of hydrogen-bond donors (Lipinski definition) is 2. The molecule has 2 aromatic heterocycles. The van der Waals surface area contributed by atoms with E-state index in [2.05, 4.69) is 46.0 Å². The summed E-state index contributed by atoms with van der Waals surface area (Å²) in [6.07, 6.45) is 7.84. The molecule has 0 aliphatic rings. The lowest BCUT2D eigenvalue weighted by atomic mass is 10.0. The van der Waals surface area contributed by atoms with Gasteiger partial charge in [0.1, 0.15) is 0 Å². The fraction of sp³-hybridized carbons (Fsp3) is 0.269. The predicted octanol–water partition coefficient (Wildman–Crippen LogP) is 5.78. The minimum Gasteiger partial charge on any atom is -0.354 e. The van der Waals surface area contributed by atoms with Crippen molar-refractivity contribution in [1.29, 1.82) is 0 Å². The number of aromatic nitrogens is 3. The van der Waals surface area contributed by atoms with Gasteiger partial charge in [-0.25, -0.2) is 0 Å². The number of hydrogen-bond acceptors (Lipinski definition) is 4. The number of aryl methyl sites for hydroxylation is 1. The van der Waals surface area contributed by atoms with Crippen molar-refractivity contribution in [3.05, 3.63) is 72.7 Å². The van der Waals surface area contributed by atoms with Gasteiger partial charge in [0.05, 0.1) is 23.0 Å². The fourth-order valence-electron chi connectivity index (χ4n) is 3.64. The molecule has 0 unspecified atom stereocenters. The Morgan fingerprint density at radius 3 is 2.62 bits per heavy atom. The average molecular weight is 428 g/mol. The molecule has 6 heteroatoms. The molecule has 2 aromatic carbocycles. The number of carbonyl (C=O) groups excluding carboxylic acids is 1. The number of fused-ring (bicyclic) bond motifs is 1. The Labute approximate surface area is 188 Å². The van der Waals surface area contributed by atoms with Crippen LogP contribution in [0.4, 0.5) is 11.4 Å². The molecule has 4 rings (SSSR count). The van der Waals surface area contributed by atoms with E-state index in [1.165, 1.54) is 0 Å². The fourth-order valence-corrected chi connectivity index (χ4v) is 3.64. The monoisotopic (exact) mass is 427 g/mol. The molecule has 0 spiro atoms. The van der Waals surface area contributed by atoms with E-state index in [9.17, 15) is 4.79 Å². The molecule has 164 valence electrons. The first-order chi connectivity index (χ1) is 15.5. The Morgan fingerprint density at radius 1 is 1.06 bits per heavy atom. The van der Waals surface area contributed by atoms with Crippen molar-refractivity contribution in [2.45, 2.75) is 46.2 Å². The predicted molar refractivity (Wildman–Crippen MR) is 130 cm³/mol. The molecule has 6 nitrogen and oxygen atoms in total. The zero-order valence-electron chi connectivity index (χ0n) is 18.8. The van der Waals surface area contributed by atoms with E-state index in [0.717, 1.165) is 52.8 Å². The molecule has 0 radical (unpaired) electrons. The Morgan fingerprint density at radius 2 is 1.88 bits per heavy atom. The summed E-state index contributed by atoms with van der Waals surface area (Å²) in [5.41, 5.74) is 5.10. The second-order valence-corrected chi connectivity index (χ2v) is 8.24. The lowest BCUT2D eigenvalue weighted by Gasteiger charge is -2.16. The molecule has 0 aliphatic carbocycles. The number of unbranched alkanes of at least 4 members (excludes halogenated alkanes) is 1. The van der Waals surface area contributed by atoms with Crippen molar-refractivity contribution in [1.82, 2.24) is 20.1 Å². The first-order valence-electron chi connectivity index (χ1n) is 11.1. The van der Waals surface area contributed by atoms with Gasteiger partial charge in [0.25, 0.3) is 5.91 Å². The first kappa shape index (κ1) is 21.6. The smallest absolute Gasteiger partial charge is 0.255 e. The highest BCUT2D eigenvalue weighted by Gasteiger charge is 2.17. The number of nitrogens with zero attached hydrogens (tertiary/aromatic N) is 3. The van der Waals surface area contributed by atoms with E-state index in [0.29, 0.717) is 5.56 Å². The summed E-state index contributed by atoms with van der Waals surface area (Å²) in [5.74, 6) is -0.148. The third kappa shape index (κ3) is 4.80. The normalized spacial score (nSPS) is 11.1. The summed E-state index contributed by atoms with van der Waals surface area (Å²) in [6.45, 7) is 6.98. The lowest BCUT2D eigenvalue weighted by molar-refractivity contribution is 0.0944. The Kier molecular flexibility index (Phi) is 6.50. The van der Waals surface area contributed by atoms with E-state index >= 15 is 0 Å². The van der Waals surface area contributed by atoms with Gasteiger partial charge in [-0.1, -0.05) is 37.6 Å². The molecule has 2 N–H and O–H groups in total. The highest BCUT2D eigenvalue weighted by molar-refractivity contribution is 6.08. The largest absolute Gasteiger partial charge is 0.354 e. The van der Waals surface area contributed by atoms with Crippen LogP contribution in [0.2, 0.25) is 0 Å². The molecular weight excluding hydrogens is 398 g/mol. The summed E-state index contributed by atoms with van der Waals surface area (Å²) in [5, 5.41) is 11.8. The van der Waals surface area contributed by atoms with Gasteiger partial charge in [0.2, 0.25) is 0 Å². The quantitative estimate of drug-likeness (QED) is 0.374. The van der Waals surface area contributed by atoms with Crippen LogP contribution in [-0.2, 0) is 6.54 Å². The Balaban J connectivity index is 1.81. The van der Waals surface area contributed by atoms with Crippen LogP contribution in [0, 0.1) is 0 Å². The molecule has 0 aliphatic heterocycles. The van der Waals surface area contributed by atoms with E-state index in [-0.39, 0.29) is 11.9 Å². The molecular formula is C26H29N5O. The summed E-state index contributed by atoms with van der Waals surface area (Å²) >= 11 is 0. The first-order valence-corrected chi connectivity index (χ1v) is 11.1. The van der Waals surface area contributed by atoms with Gasteiger partial charge in [0, 0.05) is 41.6 Å². The van der Waals surface area contributed by atoms with Gasteiger partial charge in [-0.2, -0.15) is 5.10 Å². The average Bonchev–Trinajstić information content (AvgIpc) is 3.27. The third-order valence-electron chi connectivity index (χ3n) is 5.28. The molecule has 0 saturated heterocycles. The van der Waals surface area contributed by atoms with Crippen LogP contribution >= 0.6 is 0 Å². The minimum atomic E-state index is -0.148. The second-order valence-electron chi connectivity index (χ2n) is 8.24. The molecule has 1 amide bonds. The van der Waals surface area contributed by atoms with Crippen LogP contribution in [0.25, 0.3) is 22.0 Å². The maximum Gasteiger partial charge on any atom is 0.255 e. The zero-order chi connectivity index (χ0) is 22.5. The van der Waals surface area contributed by atoms with E-state index < -0.39 is 0 Å². The van der Waals surface area contributed by atoms with Gasteiger partial charge in [-0.3, -0.25) is 14.5 Å². The van der Waals surface area contributed by atoms with Crippen LogP contribution in [0.1, 0.15) is 44.0 Å². The number of carbonyl (C=O) groups is 1. The van der Waals surface area contributed by atoms with Crippen LogP contribution in [0.3, 0.4) is 0 Å². The minimum absolute atomic E-state index is 0.0306. The number of pyridine rings is 1. The topological polar surface area (TPSA) is 71.8 Å². The van der Waals surface area contributed by atoms with Gasteiger partial charge >= 0.3 is 0 Å². The summed E-state index contributed by atoms with van der Waals surface area (Å²) in [6, 6.07) is 16.0. The number of amides is 1. The highest BCUT2D eigenvalue weighted by atomic mass is 16.1. The number of nitrogens with one attached hydrogen (secondary N) is 2. The standard InChI is InChI=1S/C26H29N5O/c1-4-5-13-31-17-20(15-28-31)19-11-12-24-22(14-19)25(30-21-9-7-6-8-10-21)23(16-27-24)26(32)29-18(2)3/h6-12,14-18H,4-5,13H2,1-3H3,(H,27,30)(H,29,32). The lowest BCUT2D eigenvalue weighted by Crippen LogP contribution is -2.30. The van der Waals surface area contributed by atoms with Crippen molar-refractivity contribution in [2.24, 2.45) is 0 Å². The Hall–Kier alpha value is -3.67. The maximum absolute atomic E-state index is 13.0. The van der Waals surface area contributed by atoms with Crippen molar-refractivity contribution in [2.75, 3.05) is 5.32 Å². The SMILES string of the molecule is CCCCn1cc(-c2ccc3ncc(C(=O)NC(C)C)c(Nc4ccccc4)c3c2)cn1. The van der Waals surface area contributed by atoms with E-state index in [1.807, 2.05) is 61.1 Å². The van der Waals surface area contributed by atoms with Gasteiger partial charge in [0.15, 0.2) is 0 Å². The van der Waals surface area contributed by atoms with Crippen molar-refractivity contribution in [3.8, 4) is 11.1 Å². The van der Waals surface area contributed by atoms with Crippen LogP contribution in [-0.4, -0.2) is 26.7 Å². The van der Waals surface area contributed by atoms with Crippen LogP contribution in [0.15, 0.2) is 67.1 Å². The van der Waals surface area contributed by atoms with Crippen LogP contribution in [0.5, 0.6) is 0 Å².